The van der Waals surface area contributed by atoms with Crippen LogP contribution in [0.5, 0.6) is 0 Å². The molecule has 3 N–H and O–H groups in total. The zero-order valence-electron chi connectivity index (χ0n) is 7.10. The first kappa shape index (κ1) is 9.80. The van der Waals surface area contributed by atoms with Crippen LogP contribution in [-0.2, 0) is 6.54 Å². The van der Waals surface area contributed by atoms with Gasteiger partial charge in [-0.1, -0.05) is 6.92 Å². The minimum Gasteiger partial charge on any atom is -0.399 e. The van der Waals surface area contributed by atoms with E-state index < -0.39 is 0 Å². The van der Waals surface area contributed by atoms with Crippen molar-refractivity contribution in [3.8, 4) is 0 Å². The Morgan fingerprint density at radius 3 is 2.75 bits per heavy atom. The predicted octanol–water partition coefficient (Wildman–Crippen LogP) is 1.98. The first-order valence-corrected chi connectivity index (χ1v) is 5.06. The maximum absolute atomic E-state index is 5.70. The van der Waals surface area contributed by atoms with E-state index in [1.807, 2.05) is 12.1 Å². The van der Waals surface area contributed by atoms with E-state index in [2.05, 4.69) is 40.9 Å². The first-order valence-electron chi connectivity index (χ1n) is 3.98. The summed E-state index contributed by atoms with van der Waals surface area (Å²) in [5, 5.41) is 3.26. The Morgan fingerprint density at radius 1 is 1.42 bits per heavy atom. The average molecular weight is 276 g/mol. The van der Waals surface area contributed by atoms with Crippen LogP contribution >= 0.6 is 22.6 Å². The number of hydrogen-bond donors (Lipinski definition) is 2. The average Bonchev–Trinajstić information content (AvgIpc) is 1.99. The molecule has 3 heteroatoms. The quantitative estimate of drug-likeness (QED) is 0.654. The van der Waals surface area contributed by atoms with Crippen LogP contribution in [0.2, 0.25) is 0 Å². The van der Waals surface area contributed by atoms with Crippen LogP contribution in [0.1, 0.15) is 12.5 Å². The highest BCUT2D eigenvalue weighted by Gasteiger charge is 1.95. The number of hydrogen-bond acceptors (Lipinski definition) is 2. The third-order valence-corrected chi connectivity index (χ3v) is 2.18. The maximum atomic E-state index is 5.70. The van der Waals surface area contributed by atoms with Crippen LogP contribution in [0, 0.1) is 3.57 Å². The fraction of sp³-hybridized carbons (Fsp3) is 0.333. The molecule has 0 heterocycles. The SMILES string of the molecule is CCNCc1cc(N)cc(I)c1. The largest absolute Gasteiger partial charge is 0.399 e. The van der Waals surface area contributed by atoms with Crippen molar-refractivity contribution in [1.82, 2.24) is 5.32 Å². The van der Waals surface area contributed by atoms with E-state index in [1.165, 1.54) is 9.13 Å². The number of nitrogens with two attached hydrogens (primary N) is 1. The monoisotopic (exact) mass is 276 g/mol. The van der Waals surface area contributed by atoms with Crippen molar-refractivity contribution >= 4 is 28.3 Å². The van der Waals surface area contributed by atoms with E-state index in [0.29, 0.717) is 0 Å². The van der Waals surface area contributed by atoms with Crippen LogP contribution in [-0.4, -0.2) is 6.54 Å². The molecule has 0 unspecified atom stereocenters. The molecule has 0 aromatic heterocycles. The van der Waals surface area contributed by atoms with Gasteiger partial charge in [0.2, 0.25) is 0 Å². The minimum atomic E-state index is 0.842. The second kappa shape index (κ2) is 4.67. The zero-order valence-corrected chi connectivity index (χ0v) is 9.26. The molecule has 0 bridgehead atoms. The Labute approximate surface area is 86.7 Å². The van der Waals surface area contributed by atoms with Crippen molar-refractivity contribution in [2.75, 3.05) is 12.3 Å². The molecule has 0 atom stereocenters. The Hall–Kier alpha value is -0.290. The first-order chi connectivity index (χ1) is 5.72. The van der Waals surface area contributed by atoms with Gasteiger partial charge < -0.3 is 11.1 Å². The Morgan fingerprint density at radius 2 is 2.17 bits per heavy atom. The van der Waals surface area contributed by atoms with Crippen LogP contribution in [0.4, 0.5) is 5.69 Å². The van der Waals surface area contributed by atoms with Gasteiger partial charge in [-0.25, -0.2) is 0 Å². The lowest BCUT2D eigenvalue weighted by Gasteiger charge is -2.03. The number of benzene rings is 1. The molecule has 0 radical (unpaired) electrons. The molecule has 1 aromatic rings. The molecule has 0 aliphatic heterocycles. The molecule has 0 saturated heterocycles. The van der Waals surface area contributed by atoms with Crippen molar-refractivity contribution in [3.05, 3.63) is 27.3 Å². The summed E-state index contributed by atoms with van der Waals surface area (Å²) in [6, 6.07) is 6.11. The summed E-state index contributed by atoms with van der Waals surface area (Å²) in [5.74, 6) is 0. The number of anilines is 1. The van der Waals surface area contributed by atoms with Gasteiger partial charge in [0.25, 0.3) is 0 Å². The van der Waals surface area contributed by atoms with Crippen LogP contribution in [0.15, 0.2) is 18.2 Å². The van der Waals surface area contributed by atoms with Gasteiger partial charge in [0.1, 0.15) is 0 Å². The van der Waals surface area contributed by atoms with E-state index in [9.17, 15) is 0 Å². The summed E-state index contributed by atoms with van der Waals surface area (Å²) < 4.78 is 1.19. The molecule has 0 amide bonds. The van der Waals surface area contributed by atoms with Gasteiger partial charge in [0, 0.05) is 15.8 Å². The topological polar surface area (TPSA) is 38.0 Å². The van der Waals surface area contributed by atoms with Crippen LogP contribution in [0.3, 0.4) is 0 Å². The van der Waals surface area contributed by atoms with Gasteiger partial charge in [-0.3, -0.25) is 0 Å². The van der Waals surface area contributed by atoms with Gasteiger partial charge in [-0.2, -0.15) is 0 Å². The lowest BCUT2D eigenvalue weighted by molar-refractivity contribution is 0.727. The molecule has 12 heavy (non-hydrogen) atoms. The normalized spacial score (nSPS) is 10.2. The number of halogens is 1. The van der Waals surface area contributed by atoms with Crippen molar-refractivity contribution in [2.45, 2.75) is 13.5 Å². The highest BCUT2D eigenvalue weighted by atomic mass is 127. The Balaban J connectivity index is 2.72. The number of nitrogens with one attached hydrogen (secondary N) is 1. The minimum absolute atomic E-state index is 0.842. The molecule has 0 spiro atoms. The Kier molecular flexibility index (Phi) is 3.81. The second-order valence-corrected chi connectivity index (χ2v) is 3.92. The van der Waals surface area contributed by atoms with Crippen LogP contribution < -0.4 is 11.1 Å². The lowest BCUT2D eigenvalue weighted by atomic mass is 10.2. The summed E-state index contributed by atoms with van der Waals surface area (Å²) in [7, 11) is 0. The van der Waals surface area contributed by atoms with E-state index in [1.54, 1.807) is 0 Å². The molecule has 0 aliphatic carbocycles. The molecular weight excluding hydrogens is 263 g/mol. The van der Waals surface area contributed by atoms with Crippen molar-refractivity contribution in [1.29, 1.82) is 0 Å². The van der Waals surface area contributed by atoms with E-state index in [-0.39, 0.29) is 0 Å². The summed E-state index contributed by atoms with van der Waals surface area (Å²) in [4.78, 5) is 0. The van der Waals surface area contributed by atoms with Crippen LogP contribution in [0.25, 0.3) is 0 Å². The molecule has 0 fully saturated rings. The van der Waals surface area contributed by atoms with Crippen molar-refractivity contribution in [2.24, 2.45) is 0 Å². The summed E-state index contributed by atoms with van der Waals surface area (Å²) >= 11 is 2.28. The van der Waals surface area contributed by atoms with Gasteiger partial charge in [0.05, 0.1) is 0 Å². The van der Waals surface area contributed by atoms with Gasteiger partial charge >= 0.3 is 0 Å². The zero-order chi connectivity index (χ0) is 8.97. The molecule has 0 aliphatic rings. The van der Waals surface area contributed by atoms with E-state index >= 15 is 0 Å². The summed E-state index contributed by atoms with van der Waals surface area (Å²) in [6.07, 6.45) is 0. The second-order valence-electron chi connectivity index (χ2n) is 2.67. The van der Waals surface area contributed by atoms with E-state index in [0.717, 1.165) is 18.8 Å². The molecular formula is C9H13IN2. The Bertz CT molecular complexity index is 240. The number of rotatable bonds is 3. The maximum Gasteiger partial charge on any atom is 0.0327 e. The highest BCUT2D eigenvalue weighted by Crippen LogP contribution is 2.13. The standard InChI is InChI=1S/C9H13IN2/c1-2-12-6-7-3-8(10)5-9(11)4-7/h3-5,12H,2,6,11H2,1H3. The summed E-state index contributed by atoms with van der Waals surface area (Å²) in [5.41, 5.74) is 7.79. The molecule has 2 nitrogen and oxygen atoms in total. The summed E-state index contributed by atoms with van der Waals surface area (Å²) in [6.45, 7) is 3.99. The van der Waals surface area contributed by atoms with Crippen molar-refractivity contribution < 1.29 is 0 Å². The highest BCUT2D eigenvalue weighted by molar-refractivity contribution is 14.1. The van der Waals surface area contributed by atoms with Gasteiger partial charge in [-0.05, 0) is 52.9 Å². The smallest absolute Gasteiger partial charge is 0.0327 e. The lowest BCUT2D eigenvalue weighted by Crippen LogP contribution is -2.11. The molecule has 66 valence electrons. The van der Waals surface area contributed by atoms with Gasteiger partial charge in [-0.15, -0.1) is 0 Å². The predicted molar refractivity (Wildman–Crippen MR) is 61.0 cm³/mol. The third kappa shape index (κ3) is 2.98. The fourth-order valence-corrected chi connectivity index (χ4v) is 1.81. The van der Waals surface area contributed by atoms with E-state index in [4.69, 9.17) is 5.73 Å². The third-order valence-electron chi connectivity index (χ3n) is 1.56. The fourth-order valence-electron chi connectivity index (χ4n) is 1.05. The number of nitrogen functional groups attached to an aromatic ring is 1. The van der Waals surface area contributed by atoms with Gasteiger partial charge in [0.15, 0.2) is 0 Å². The molecule has 1 rings (SSSR count). The molecule has 1 aromatic carbocycles. The molecule has 0 saturated carbocycles. The van der Waals surface area contributed by atoms with Crippen molar-refractivity contribution in [3.63, 3.8) is 0 Å².